The van der Waals surface area contributed by atoms with Gasteiger partial charge in [-0.25, -0.2) is 9.18 Å². The van der Waals surface area contributed by atoms with Gasteiger partial charge in [0, 0.05) is 25.1 Å². The third-order valence-corrected chi connectivity index (χ3v) is 4.29. The van der Waals surface area contributed by atoms with Gasteiger partial charge in [-0.1, -0.05) is 0 Å². The van der Waals surface area contributed by atoms with Crippen molar-refractivity contribution in [1.82, 2.24) is 9.88 Å². The summed E-state index contributed by atoms with van der Waals surface area (Å²) in [6.07, 6.45) is 1.24. The lowest BCUT2D eigenvalue weighted by molar-refractivity contribution is -0.150. The molecule has 1 aromatic heterocycles. The average Bonchev–Trinajstić information content (AvgIpc) is 2.59. The number of hydrogen-bond donors (Lipinski definition) is 0. The summed E-state index contributed by atoms with van der Waals surface area (Å²) in [5, 5.41) is 0. The van der Waals surface area contributed by atoms with Crippen LogP contribution in [-0.2, 0) is 14.3 Å². The molecule has 8 heteroatoms. The molecule has 1 aliphatic heterocycles. The number of carbonyl (C=O) groups is 2. The van der Waals surface area contributed by atoms with Crippen LogP contribution >= 0.6 is 0 Å². The second kappa shape index (κ2) is 8.54. The summed E-state index contributed by atoms with van der Waals surface area (Å²) in [4.78, 5) is 30.5. The van der Waals surface area contributed by atoms with Gasteiger partial charge in [-0.3, -0.25) is 9.78 Å². The molecule has 1 saturated heterocycles. The van der Waals surface area contributed by atoms with E-state index in [9.17, 15) is 14.0 Å². The van der Waals surface area contributed by atoms with Crippen molar-refractivity contribution in [3.63, 3.8) is 0 Å². The minimum atomic E-state index is -0.645. The van der Waals surface area contributed by atoms with Gasteiger partial charge in [-0.2, -0.15) is 0 Å². The molecule has 0 N–H and O–H groups in total. The van der Waals surface area contributed by atoms with E-state index in [0.29, 0.717) is 13.0 Å². The number of nitrogens with zero attached hydrogens (tertiary/aromatic N) is 2. The van der Waals surface area contributed by atoms with Crippen molar-refractivity contribution in [2.45, 2.75) is 45.6 Å². The number of ether oxygens (including phenoxy) is 3. The van der Waals surface area contributed by atoms with Crippen LogP contribution in [0, 0.1) is 11.7 Å². The van der Waals surface area contributed by atoms with Crippen molar-refractivity contribution in [1.29, 1.82) is 0 Å². The van der Waals surface area contributed by atoms with Gasteiger partial charge >= 0.3 is 12.1 Å². The van der Waals surface area contributed by atoms with Gasteiger partial charge in [0.05, 0.1) is 31.5 Å². The quantitative estimate of drug-likeness (QED) is 0.745. The van der Waals surface area contributed by atoms with Crippen LogP contribution < -0.4 is 4.74 Å². The number of aromatic nitrogens is 1. The summed E-state index contributed by atoms with van der Waals surface area (Å²) < 4.78 is 30.2. The van der Waals surface area contributed by atoms with E-state index in [1.54, 1.807) is 27.7 Å². The minimum Gasteiger partial charge on any atom is -0.495 e. The Bertz CT molecular complexity index is 689. The zero-order valence-corrected chi connectivity index (χ0v) is 16.5. The van der Waals surface area contributed by atoms with Gasteiger partial charge in [0.1, 0.15) is 17.2 Å². The van der Waals surface area contributed by atoms with E-state index in [2.05, 4.69) is 4.98 Å². The first kappa shape index (κ1) is 20.9. The Balaban J connectivity index is 2.30. The number of piperidine rings is 1. The molecule has 0 saturated carbocycles. The zero-order chi connectivity index (χ0) is 20.2. The molecular formula is C19H27FN2O5. The molecule has 1 aliphatic rings. The van der Waals surface area contributed by atoms with Crippen LogP contribution in [0.2, 0.25) is 0 Å². The molecule has 0 radical (unpaired) electrons. The van der Waals surface area contributed by atoms with Crippen LogP contribution in [0.4, 0.5) is 9.18 Å². The maximum absolute atomic E-state index is 14.6. The van der Waals surface area contributed by atoms with Crippen molar-refractivity contribution in [2.75, 3.05) is 26.8 Å². The van der Waals surface area contributed by atoms with E-state index in [1.807, 2.05) is 0 Å². The third kappa shape index (κ3) is 5.30. The summed E-state index contributed by atoms with van der Waals surface area (Å²) in [5.74, 6) is -1.93. The van der Waals surface area contributed by atoms with Gasteiger partial charge in [0.2, 0.25) is 0 Å². The van der Waals surface area contributed by atoms with E-state index >= 15 is 0 Å². The molecule has 2 rings (SSSR count). The second-order valence-electron chi connectivity index (χ2n) is 7.42. The fraction of sp³-hybridized carbons (Fsp3) is 0.632. The summed E-state index contributed by atoms with van der Waals surface area (Å²) >= 11 is 0. The molecule has 150 valence electrons. The molecule has 2 unspecified atom stereocenters. The molecule has 27 heavy (non-hydrogen) atoms. The van der Waals surface area contributed by atoms with Crippen LogP contribution in [0.5, 0.6) is 5.75 Å². The number of halogens is 1. The highest BCUT2D eigenvalue weighted by Gasteiger charge is 2.40. The number of likely N-dealkylation sites (tertiary alicyclic amines) is 1. The van der Waals surface area contributed by atoms with Crippen molar-refractivity contribution < 1.29 is 28.2 Å². The molecule has 1 amide bonds. The van der Waals surface area contributed by atoms with Crippen LogP contribution in [0.3, 0.4) is 0 Å². The first-order valence-electron chi connectivity index (χ1n) is 9.00. The van der Waals surface area contributed by atoms with Gasteiger partial charge < -0.3 is 19.1 Å². The van der Waals surface area contributed by atoms with E-state index < -0.39 is 35.3 Å². The molecule has 0 bridgehead atoms. The Morgan fingerprint density at radius 2 is 2.07 bits per heavy atom. The van der Waals surface area contributed by atoms with Crippen LogP contribution in [0.15, 0.2) is 12.3 Å². The number of carbonyl (C=O) groups excluding carboxylic acids is 2. The minimum absolute atomic E-state index is 0.113. The normalized spacial score (nSPS) is 20.1. The average molecular weight is 382 g/mol. The first-order chi connectivity index (χ1) is 12.7. The maximum atomic E-state index is 14.6. The predicted molar refractivity (Wildman–Crippen MR) is 96.0 cm³/mol. The van der Waals surface area contributed by atoms with Crippen molar-refractivity contribution >= 4 is 12.1 Å². The van der Waals surface area contributed by atoms with Crippen molar-refractivity contribution in [2.24, 2.45) is 5.92 Å². The first-order valence-corrected chi connectivity index (χ1v) is 9.00. The lowest BCUT2D eigenvalue weighted by Crippen LogP contribution is -2.47. The van der Waals surface area contributed by atoms with Crippen molar-refractivity contribution in [3.05, 3.63) is 23.8 Å². The maximum Gasteiger partial charge on any atom is 0.410 e. The molecule has 0 aromatic carbocycles. The summed E-state index contributed by atoms with van der Waals surface area (Å²) in [6, 6.07) is 1.22. The smallest absolute Gasteiger partial charge is 0.410 e. The number of rotatable bonds is 4. The molecule has 1 aromatic rings. The topological polar surface area (TPSA) is 78.0 Å². The standard InChI is InChI=1S/C19H27FN2O5/c1-6-26-17(23)13-7-8-22(18(24)27-19(2,3)4)11-14(13)16-15(20)9-12(25-5)10-21-16/h9-10,13-14H,6-8,11H2,1-5H3. The molecule has 2 heterocycles. The van der Waals surface area contributed by atoms with E-state index in [-0.39, 0.29) is 24.6 Å². The number of amides is 1. The highest BCUT2D eigenvalue weighted by atomic mass is 19.1. The molecule has 7 nitrogen and oxygen atoms in total. The largest absolute Gasteiger partial charge is 0.495 e. The van der Waals surface area contributed by atoms with E-state index in [4.69, 9.17) is 14.2 Å². The Morgan fingerprint density at radius 1 is 1.37 bits per heavy atom. The second-order valence-corrected chi connectivity index (χ2v) is 7.42. The van der Waals surface area contributed by atoms with Gasteiger partial charge in [0.25, 0.3) is 0 Å². The van der Waals surface area contributed by atoms with Gasteiger partial charge in [-0.05, 0) is 34.1 Å². The fourth-order valence-electron chi connectivity index (χ4n) is 3.07. The van der Waals surface area contributed by atoms with Gasteiger partial charge in [0.15, 0.2) is 0 Å². The summed E-state index contributed by atoms with van der Waals surface area (Å²) in [5.41, 5.74) is -0.532. The third-order valence-electron chi connectivity index (χ3n) is 4.29. The monoisotopic (exact) mass is 382 g/mol. The van der Waals surface area contributed by atoms with Crippen molar-refractivity contribution in [3.8, 4) is 5.75 Å². The zero-order valence-electron chi connectivity index (χ0n) is 16.5. The number of pyridine rings is 1. The highest BCUT2D eigenvalue weighted by molar-refractivity contribution is 5.75. The Kier molecular flexibility index (Phi) is 6.62. The van der Waals surface area contributed by atoms with Gasteiger partial charge in [-0.15, -0.1) is 0 Å². The Morgan fingerprint density at radius 3 is 2.63 bits per heavy atom. The summed E-state index contributed by atoms with van der Waals surface area (Å²) in [7, 11) is 1.42. The number of esters is 1. The lowest BCUT2D eigenvalue weighted by Gasteiger charge is -2.37. The number of hydrogen-bond acceptors (Lipinski definition) is 6. The van der Waals surface area contributed by atoms with E-state index in [0.717, 1.165) is 0 Å². The van der Waals surface area contributed by atoms with Crippen LogP contribution in [-0.4, -0.2) is 54.4 Å². The molecule has 2 atom stereocenters. The Labute approximate surface area is 158 Å². The predicted octanol–water partition coefficient (Wildman–Crippen LogP) is 3.13. The Hall–Kier alpha value is -2.38. The molecule has 0 spiro atoms. The number of methoxy groups -OCH3 is 1. The van der Waals surface area contributed by atoms with Crippen LogP contribution in [0.25, 0.3) is 0 Å². The molecule has 0 aliphatic carbocycles. The highest BCUT2D eigenvalue weighted by Crippen LogP contribution is 2.35. The molecular weight excluding hydrogens is 355 g/mol. The van der Waals surface area contributed by atoms with Crippen LogP contribution in [0.1, 0.15) is 45.7 Å². The lowest BCUT2D eigenvalue weighted by atomic mass is 9.83. The molecule has 1 fully saturated rings. The summed E-state index contributed by atoms with van der Waals surface area (Å²) in [6.45, 7) is 7.72. The van der Waals surface area contributed by atoms with E-state index in [1.165, 1.54) is 24.3 Å². The SMILES string of the molecule is CCOC(=O)C1CCN(C(=O)OC(C)(C)C)CC1c1ncc(OC)cc1F. The fourth-order valence-corrected chi connectivity index (χ4v) is 3.07.